The van der Waals surface area contributed by atoms with Crippen molar-refractivity contribution in [2.45, 2.75) is 13.2 Å². The number of benzene rings is 2. The lowest BCUT2D eigenvalue weighted by Gasteiger charge is -2.14. The van der Waals surface area contributed by atoms with Crippen molar-refractivity contribution in [3.63, 3.8) is 0 Å². The Balaban J connectivity index is 1.66. The molecule has 168 valence electrons. The number of para-hydroxylation sites is 1. The number of hydrogen-bond acceptors (Lipinski definition) is 6. The summed E-state index contributed by atoms with van der Waals surface area (Å²) in [6.07, 6.45) is 1.62. The third kappa shape index (κ3) is 6.64. The first kappa shape index (κ1) is 23.0. The summed E-state index contributed by atoms with van der Waals surface area (Å²) in [5.41, 5.74) is 2.34. The molecule has 0 spiro atoms. The minimum atomic E-state index is -2.89. The number of ether oxygens (including phenoxy) is 3. The highest BCUT2D eigenvalue weighted by Gasteiger charge is 2.13. The third-order valence-electron chi connectivity index (χ3n) is 4.35. The van der Waals surface area contributed by atoms with Gasteiger partial charge in [0.1, 0.15) is 12.4 Å². The van der Waals surface area contributed by atoms with Crippen molar-refractivity contribution in [1.82, 2.24) is 10.3 Å². The van der Waals surface area contributed by atoms with Crippen molar-refractivity contribution in [2.75, 3.05) is 25.6 Å². The zero-order valence-electron chi connectivity index (χ0n) is 17.4. The zero-order chi connectivity index (χ0) is 22.8. The predicted octanol–water partition coefficient (Wildman–Crippen LogP) is 4.38. The summed E-state index contributed by atoms with van der Waals surface area (Å²) in [7, 11) is 1.58. The van der Waals surface area contributed by atoms with Crippen LogP contribution in [-0.4, -0.2) is 37.8 Å². The van der Waals surface area contributed by atoms with Crippen LogP contribution in [0.1, 0.15) is 15.9 Å². The van der Waals surface area contributed by atoms with Gasteiger partial charge in [0.15, 0.2) is 0 Å². The van der Waals surface area contributed by atoms with Crippen LogP contribution in [0.5, 0.6) is 11.6 Å². The highest BCUT2D eigenvalue weighted by molar-refractivity contribution is 6.00. The van der Waals surface area contributed by atoms with Gasteiger partial charge in [0.05, 0.1) is 17.9 Å². The van der Waals surface area contributed by atoms with Gasteiger partial charge in [-0.1, -0.05) is 18.2 Å². The second-order valence-electron chi connectivity index (χ2n) is 6.57. The van der Waals surface area contributed by atoms with E-state index in [1.54, 1.807) is 55.8 Å². The molecule has 3 rings (SSSR count). The maximum Gasteiger partial charge on any atom is 0.387 e. The molecule has 0 aliphatic carbocycles. The lowest BCUT2D eigenvalue weighted by Crippen LogP contribution is -2.24. The molecule has 32 heavy (non-hydrogen) atoms. The van der Waals surface area contributed by atoms with E-state index in [9.17, 15) is 13.6 Å². The molecule has 1 amide bonds. The van der Waals surface area contributed by atoms with E-state index >= 15 is 0 Å². The summed E-state index contributed by atoms with van der Waals surface area (Å²) >= 11 is 0. The Kier molecular flexibility index (Phi) is 8.33. The van der Waals surface area contributed by atoms with Crippen molar-refractivity contribution in [2.24, 2.45) is 0 Å². The molecular formula is C23H23F2N3O4. The molecule has 9 heteroatoms. The van der Waals surface area contributed by atoms with Gasteiger partial charge in [-0.05, 0) is 42.5 Å². The number of amides is 1. The standard InChI is InChI=1S/C23H23F2N3O4/c1-30-13-14-31-22-16(5-4-12-26-22)15-27-21(29)19-6-2-3-7-20(19)28-17-8-10-18(11-9-17)32-23(24)25/h2-12,23,28H,13-15H2,1H3,(H,27,29). The lowest BCUT2D eigenvalue weighted by atomic mass is 10.1. The molecule has 2 N–H and O–H groups in total. The van der Waals surface area contributed by atoms with E-state index in [0.29, 0.717) is 36.0 Å². The van der Waals surface area contributed by atoms with E-state index in [4.69, 9.17) is 9.47 Å². The number of pyridine rings is 1. The van der Waals surface area contributed by atoms with Crippen LogP contribution in [0.2, 0.25) is 0 Å². The van der Waals surface area contributed by atoms with Gasteiger partial charge in [0, 0.05) is 31.1 Å². The van der Waals surface area contributed by atoms with Crippen LogP contribution in [0.25, 0.3) is 0 Å². The van der Waals surface area contributed by atoms with E-state index in [1.807, 2.05) is 6.07 Å². The van der Waals surface area contributed by atoms with Crippen molar-refractivity contribution in [3.8, 4) is 11.6 Å². The highest BCUT2D eigenvalue weighted by atomic mass is 19.3. The summed E-state index contributed by atoms with van der Waals surface area (Å²) in [5, 5.41) is 5.99. The molecule has 3 aromatic rings. The average Bonchev–Trinajstić information content (AvgIpc) is 2.80. The van der Waals surface area contributed by atoms with Gasteiger partial charge in [-0.2, -0.15) is 8.78 Å². The van der Waals surface area contributed by atoms with Crippen LogP contribution < -0.4 is 20.1 Å². The van der Waals surface area contributed by atoms with E-state index in [1.165, 1.54) is 12.1 Å². The molecule has 2 aromatic carbocycles. The minimum Gasteiger partial charge on any atom is -0.475 e. The summed E-state index contributed by atoms with van der Waals surface area (Å²) in [4.78, 5) is 17.0. The maximum absolute atomic E-state index is 12.8. The number of alkyl halides is 2. The normalized spacial score (nSPS) is 10.6. The van der Waals surface area contributed by atoms with E-state index < -0.39 is 6.61 Å². The average molecular weight is 443 g/mol. The van der Waals surface area contributed by atoms with E-state index in [0.717, 1.165) is 5.56 Å². The molecule has 0 saturated carbocycles. The number of methoxy groups -OCH3 is 1. The first-order valence-electron chi connectivity index (χ1n) is 9.81. The van der Waals surface area contributed by atoms with E-state index in [2.05, 4.69) is 20.4 Å². The van der Waals surface area contributed by atoms with Crippen LogP contribution in [0.3, 0.4) is 0 Å². The van der Waals surface area contributed by atoms with Crippen LogP contribution in [-0.2, 0) is 11.3 Å². The Morgan fingerprint density at radius 2 is 1.81 bits per heavy atom. The molecule has 0 aliphatic heterocycles. The molecule has 0 fully saturated rings. The van der Waals surface area contributed by atoms with Gasteiger partial charge >= 0.3 is 6.61 Å². The molecule has 7 nitrogen and oxygen atoms in total. The first-order valence-corrected chi connectivity index (χ1v) is 9.81. The number of anilines is 2. The molecule has 0 atom stereocenters. The summed E-state index contributed by atoms with van der Waals surface area (Å²) < 4.78 is 39.5. The summed E-state index contributed by atoms with van der Waals surface area (Å²) in [5.74, 6) is 0.191. The second-order valence-corrected chi connectivity index (χ2v) is 6.57. The first-order chi connectivity index (χ1) is 15.6. The molecule has 0 unspecified atom stereocenters. The van der Waals surface area contributed by atoms with E-state index in [-0.39, 0.29) is 18.2 Å². The molecule has 0 saturated heterocycles. The largest absolute Gasteiger partial charge is 0.475 e. The number of rotatable bonds is 11. The molecule has 0 bridgehead atoms. The fourth-order valence-corrected chi connectivity index (χ4v) is 2.85. The molecule has 0 aliphatic rings. The van der Waals surface area contributed by atoms with Gasteiger partial charge in [-0.3, -0.25) is 4.79 Å². The number of nitrogens with one attached hydrogen (secondary N) is 2. The summed E-state index contributed by atoms with van der Waals surface area (Å²) in [6, 6.07) is 16.6. The van der Waals surface area contributed by atoms with Crippen LogP contribution in [0, 0.1) is 0 Å². The molecule has 1 heterocycles. The number of carbonyl (C=O) groups excluding carboxylic acids is 1. The fraction of sp³-hybridized carbons (Fsp3) is 0.217. The van der Waals surface area contributed by atoms with Crippen LogP contribution in [0.4, 0.5) is 20.2 Å². The molecule has 0 radical (unpaired) electrons. The van der Waals surface area contributed by atoms with Crippen molar-refractivity contribution >= 4 is 17.3 Å². The van der Waals surface area contributed by atoms with Gasteiger partial charge in [-0.15, -0.1) is 0 Å². The Morgan fingerprint density at radius 1 is 1.03 bits per heavy atom. The number of carbonyl (C=O) groups is 1. The molecule has 1 aromatic heterocycles. The zero-order valence-corrected chi connectivity index (χ0v) is 17.4. The summed E-state index contributed by atoms with van der Waals surface area (Å²) in [6.45, 7) is -1.88. The number of halogens is 2. The SMILES string of the molecule is COCCOc1ncccc1CNC(=O)c1ccccc1Nc1ccc(OC(F)F)cc1. The lowest BCUT2D eigenvalue weighted by molar-refractivity contribution is -0.0498. The van der Waals surface area contributed by atoms with Gasteiger partial charge in [0.2, 0.25) is 5.88 Å². The predicted molar refractivity (Wildman–Crippen MR) is 116 cm³/mol. The van der Waals surface area contributed by atoms with Crippen molar-refractivity contribution in [3.05, 3.63) is 78.0 Å². The van der Waals surface area contributed by atoms with Crippen LogP contribution in [0.15, 0.2) is 66.9 Å². The smallest absolute Gasteiger partial charge is 0.387 e. The topological polar surface area (TPSA) is 81.7 Å². The Hall–Kier alpha value is -3.72. The Morgan fingerprint density at radius 3 is 2.56 bits per heavy atom. The number of hydrogen-bond donors (Lipinski definition) is 2. The van der Waals surface area contributed by atoms with Gasteiger partial charge in [0.25, 0.3) is 5.91 Å². The van der Waals surface area contributed by atoms with Crippen molar-refractivity contribution < 1.29 is 27.8 Å². The number of nitrogens with zero attached hydrogens (tertiary/aromatic N) is 1. The highest BCUT2D eigenvalue weighted by Crippen LogP contribution is 2.24. The van der Waals surface area contributed by atoms with Gasteiger partial charge < -0.3 is 24.8 Å². The fourth-order valence-electron chi connectivity index (χ4n) is 2.85. The molecular weight excluding hydrogens is 420 g/mol. The Bertz CT molecular complexity index is 1020. The van der Waals surface area contributed by atoms with Gasteiger partial charge in [-0.25, -0.2) is 4.98 Å². The second kappa shape index (κ2) is 11.6. The number of aromatic nitrogens is 1. The quantitative estimate of drug-likeness (QED) is 0.428. The Labute approximate surface area is 184 Å². The monoisotopic (exact) mass is 443 g/mol. The maximum atomic E-state index is 12.8. The van der Waals surface area contributed by atoms with Crippen molar-refractivity contribution in [1.29, 1.82) is 0 Å². The third-order valence-corrected chi connectivity index (χ3v) is 4.35. The van der Waals surface area contributed by atoms with Crippen LogP contribution >= 0.6 is 0 Å². The minimum absolute atomic E-state index is 0.0524.